The fraction of sp³-hybridized carbons (Fsp3) is 0.100. The first-order valence-corrected chi connectivity index (χ1v) is 4.31. The van der Waals surface area contributed by atoms with Crippen LogP contribution in [0.3, 0.4) is 0 Å². The van der Waals surface area contributed by atoms with Crippen LogP contribution in [0.4, 0.5) is 10.1 Å². The van der Waals surface area contributed by atoms with Gasteiger partial charge in [-0.1, -0.05) is 18.2 Å². The first-order chi connectivity index (χ1) is 6.56. The molecule has 0 unspecified atom stereocenters. The van der Waals surface area contributed by atoms with Crippen molar-refractivity contribution in [3.63, 3.8) is 0 Å². The third kappa shape index (κ3) is 2.12. The summed E-state index contributed by atoms with van der Waals surface area (Å²) in [7, 11) is 0. The minimum Gasteiger partial charge on any atom is -0.236 e. The average Bonchev–Trinajstić information content (AvgIpc) is 2.09. The van der Waals surface area contributed by atoms with Crippen LogP contribution in [0.15, 0.2) is 35.6 Å². The van der Waals surface area contributed by atoms with Gasteiger partial charge in [-0.15, -0.1) is 0 Å². The van der Waals surface area contributed by atoms with Crippen LogP contribution in [0.25, 0.3) is 0 Å². The summed E-state index contributed by atoms with van der Waals surface area (Å²) in [5.74, 6) is -0.451. The molecule has 0 heterocycles. The van der Waals surface area contributed by atoms with Crippen LogP contribution in [0.2, 0.25) is 5.02 Å². The number of benzene rings is 1. The average molecular weight is 213 g/mol. The Morgan fingerprint density at radius 1 is 1.57 bits per heavy atom. The van der Waals surface area contributed by atoms with Gasteiger partial charge in [-0.05, 0) is 25.1 Å². The van der Waals surface area contributed by atoms with Crippen LogP contribution in [0.5, 0.6) is 0 Å². The molecule has 1 aromatic rings. The number of hydrogen-bond donors (Lipinski definition) is 0. The Balaban J connectivity index is 3.17. The number of hydrazone groups is 1. The molecule has 2 nitrogen and oxygen atoms in total. The molecule has 0 saturated heterocycles. The van der Waals surface area contributed by atoms with E-state index in [2.05, 4.69) is 18.4 Å². The topological polar surface area (TPSA) is 15.6 Å². The van der Waals surface area contributed by atoms with Gasteiger partial charge in [-0.2, -0.15) is 5.10 Å². The van der Waals surface area contributed by atoms with E-state index >= 15 is 0 Å². The highest BCUT2D eigenvalue weighted by molar-refractivity contribution is 6.30. The fourth-order valence-corrected chi connectivity index (χ4v) is 1.21. The van der Waals surface area contributed by atoms with Crippen LogP contribution in [0, 0.1) is 5.82 Å². The Morgan fingerprint density at radius 2 is 2.21 bits per heavy atom. The molecule has 0 saturated carbocycles. The van der Waals surface area contributed by atoms with Crippen molar-refractivity contribution in [3.8, 4) is 0 Å². The predicted molar refractivity (Wildman–Crippen MR) is 58.3 cm³/mol. The lowest BCUT2D eigenvalue weighted by Crippen LogP contribution is -2.13. The monoisotopic (exact) mass is 212 g/mol. The van der Waals surface area contributed by atoms with Gasteiger partial charge in [-0.25, -0.2) is 9.40 Å². The maximum absolute atomic E-state index is 13.4. The van der Waals surface area contributed by atoms with E-state index in [0.717, 1.165) is 0 Å². The molecule has 0 bridgehead atoms. The van der Waals surface area contributed by atoms with Crippen LogP contribution in [0.1, 0.15) is 6.92 Å². The normalized spacial score (nSPS) is 9.64. The quantitative estimate of drug-likeness (QED) is 0.554. The summed E-state index contributed by atoms with van der Waals surface area (Å²) in [5, 5.41) is 5.30. The molecule has 1 rings (SSSR count). The number of nitrogens with zero attached hydrogens (tertiary/aromatic N) is 2. The number of allylic oxidation sites excluding steroid dienone is 1. The van der Waals surface area contributed by atoms with Crippen LogP contribution in [-0.4, -0.2) is 6.72 Å². The molecule has 0 amide bonds. The van der Waals surface area contributed by atoms with Gasteiger partial charge in [-0.3, -0.25) is 0 Å². The summed E-state index contributed by atoms with van der Waals surface area (Å²) in [5.41, 5.74) is 0.873. The molecule has 0 aliphatic rings. The van der Waals surface area contributed by atoms with Crippen molar-refractivity contribution in [1.29, 1.82) is 0 Å². The molecule has 0 aliphatic heterocycles. The SMILES string of the molecule is C=NN(C(=C)C)c1ccc(Cl)cc1F. The number of hydrogen-bond acceptors (Lipinski definition) is 2. The zero-order valence-electron chi connectivity index (χ0n) is 7.80. The molecule has 0 radical (unpaired) electrons. The number of anilines is 1. The Hall–Kier alpha value is -1.35. The minimum atomic E-state index is -0.451. The zero-order chi connectivity index (χ0) is 10.7. The maximum Gasteiger partial charge on any atom is 0.150 e. The Kier molecular flexibility index (Phi) is 3.25. The van der Waals surface area contributed by atoms with Crippen LogP contribution < -0.4 is 5.01 Å². The third-order valence-corrected chi connectivity index (χ3v) is 1.88. The molecule has 0 spiro atoms. The van der Waals surface area contributed by atoms with E-state index in [9.17, 15) is 4.39 Å². The summed E-state index contributed by atoms with van der Waals surface area (Å²) in [4.78, 5) is 0. The number of halogens is 2. The minimum absolute atomic E-state index is 0.289. The lowest BCUT2D eigenvalue weighted by molar-refractivity contribution is 0.624. The van der Waals surface area contributed by atoms with Gasteiger partial charge in [0, 0.05) is 17.4 Å². The maximum atomic E-state index is 13.4. The Bertz CT molecular complexity index is 376. The lowest BCUT2D eigenvalue weighted by atomic mass is 10.3. The molecular weight excluding hydrogens is 203 g/mol. The Morgan fingerprint density at radius 3 is 2.64 bits per heavy atom. The zero-order valence-corrected chi connectivity index (χ0v) is 8.55. The molecule has 4 heteroatoms. The lowest BCUT2D eigenvalue weighted by Gasteiger charge is -2.18. The van der Waals surface area contributed by atoms with Gasteiger partial charge in [0.15, 0.2) is 0 Å². The van der Waals surface area contributed by atoms with Crippen LogP contribution in [-0.2, 0) is 0 Å². The summed E-state index contributed by atoms with van der Waals surface area (Å²) in [6.07, 6.45) is 0. The second kappa shape index (κ2) is 4.24. The Labute approximate surface area is 87.3 Å². The second-order valence-corrected chi connectivity index (χ2v) is 3.22. The van der Waals surface area contributed by atoms with E-state index in [-0.39, 0.29) is 5.69 Å². The van der Waals surface area contributed by atoms with Crippen molar-refractivity contribution in [2.45, 2.75) is 6.92 Å². The van der Waals surface area contributed by atoms with E-state index in [1.807, 2.05) is 0 Å². The predicted octanol–water partition coefficient (Wildman–Crippen LogP) is 3.43. The smallest absolute Gasteiger partial charge is 0.150 e. The molecule has 0 fully saturated rings. The highest BCUT2D eigenvalue weighted by atomic mass is 35.5. The van der Waals surface area contributed by atoms with Gasteiger partial charge in [0.1, 0.15) is 11.5 Å². The van der Waals surface area contributed by atoms with Gasteiger partial charge < -0.3 is 0 Å². The molecule has 0 atom stereocenters. The standard InChI is InChI=1S/C10H10ClFN2/c1-7(2)14(13-3)10-5-4-8(11)6-9(10)12/h4-6H,1,3H2,2H3. The van der Waals surface area contributed by atoms with E-state index in [1.165, 1.54) is 17.1 Å². The van der Waals surface area contributed by atoms with Crippen molar-refractivity contribution in [2.75, 3.05) is 5.01 Å². The van der Waals surface area contributed by atoms with Crippen LogP contribution >= 0.6 is 11.6 Å². The van der Waals surface area contributed by atoms with Gasteiger partial charge >= 0.3 is 0 Å². The van der Waals surface area contributed by atoms with E-state index in [0.29, 0.717) is 10.7 Å². The van der Waals surface area contributed by atoms with Crippen molar-refractivity contribution in [1.82, 2.24) is 0 Å². The third-order valence-electron chi connectivity index (χ3n) is 1.64. The van der Waals surface area contributed by atoms with E-state index < -0.39 is 5.82 Å². The summed E-state index contributed by atoms with van der Waals surface area (Å²) in [6, 6.07) is 4.33. The summed E-state index contributed by atoms with van der Waals surface area (Å²) >= 11 is 5.62. The van der Waals surface area contributed by atoms with E-state index in [4.69, 9.17) is 11.6 Å². The molecular formula is C10H10ClFN2. The molecule has 0 N–H and O–H groups in total. The largest absolute Gasteiger partial charge is 0.236 e. The molecule has 1 aromatic carbocycles. The molecule has 0 aliphatic carbocycles. The van der Waals surface area contributed by atoms with Gasteiger partial charge in [0.2, 0.25) is 0 Å². The van der Waals surface area contributed by atoms with Crippen molar-refractivity contribution in [2.24, 2.45) is 5.10 Å². The van der Waals surface area contributed by atoms with Crippen molar-refractivity contribution in [3.05, 3.63) is 41.3 Å². The highest BCUT2D eigenvalue weighted by Crippen LogP contribution is 2.25. The van der Waals surface area contributed by atoms with Crippen molar-refractivity contribution < 1.29 is 4.39 Å². The van der Waals surface area contributed by atoms with Crippen molar-refractivity contribution >= 4 is 24.0 Å². The summed E-state index contributed by atoms with van der Waals surface area (Å²) < 4.78 is 13.4. The fourth-order valence-electron chi connectivity index (χ4n) is 1.06. The second-order valence-electron chi connectivity index (χ2n) is 2.78. The highest BCUT2D eigenvalue weighted by Gasteiger charge is 2.10. The molecule has 74 valence electrons. The van der Waals surface area contributed by atoms with E-state index in [1.54, 1.807) is 13.0 Å². The first-order valence-electron chi connectivity index (χ1n) is 3.93. The van der Waals surface area contributed by atoms with Gasteiger partial charge in [0.05, 0.1) is 0 Å². The summed E-state index contributed by atoms with van der Waals surface area (Å²) in [6.45, 7) is 8.71. The van der Waals surface area contributed by atoms with Gasteiger partial charge in [0.25, 0.3) is 0 Å². The molecule has 14 heavy (non-hydrogen) atoms. The number of rotatable bonds is 3. The molecule has 0 aromatic heterocycles. The first kappa shape index (κ1) is 10.7.